The summed E-state index contributed by atoms with van der Waals surface area (Å²) >= 11 is 5.95. The van der Waals surface area contributed by atoms with Gasteiger partial charge in [0.25, 0.3) is 0 Å². The van der Waals surface area contributed by atoms with Crippen LogP contribution < -0.4 is 9.62 Å². The number of nitrogens with one attached hydrogen (secondary N) is 1. The van der Waals surface area contributed by atoms with Crippen molar-refractivity contribution >= 4 is 44.9 Å². The van der Waals surface area contributed by atoms with Crippen molar-refractivity contribution in [1.29, 1.82) is 0 Å². The van der Waals surface area contributed by atoms with Crippen LogP contribution in [-0.2, 0) is 26.2 Å². The van der Waals surface area contributed by atoms with Crippen LogP contribution in [0.2, 0.25) is 5.02 Å². The number of ketones is 1. The highest BCUT2D eigenvalue weighted by molar-refractivity contribution is 7.92. The van der Waals surface area contributed by atoms with Crippen molar-refractivity contribution in [3.63, 3.8) is 0 Å². The minimum absolute atomic E-state index is 0.0903. The zero-order chi connectivity index (χ0) is 24.8. The van der Waals surface area contributed by atoms with Crippen molar-refractivity contribution in [2.45, 2.75) is 32.9 Å². The molecule has 0 radical (unpaired) electrons. The van der Waals surface area contributed by atoms with Crippen LogP contribution in [0.15, 0.2) is 48.5 Å². The number of halogens is 1. The van der Waals surface area contributed by atoms with E-state index in [2.05, 4.69) is 5.32 Å². The van der Waals surface area contributed by atoms with Gasteiger partial charge in [0, 0.05) is 24.2 Å². The maximum Gasteiger partial charge on any atom is 0.244 e. The summed E-state index contributed by atoms with van der Waals surface area (Å²) in [5.74, 6) is -1.14. The molecule has 2 aromatic rings. The third kappa shape index (κ3) is 7.03. The Bertz CT molecular complexity index is 1120. The van der Waals surface area contributed by atoms with Crippen LogP contribution in [0.3, 0.4) is 0 Å². The second-order valence-electron chi connectivity index (χ2n) is 7.56. The number of Topliss-reactive ketones (excluding diaryl/α,β-unsaturated/α-hetero) is 1. The Morgan fingerprint density at radius 3 is 2.24 bits per heavy atom. The molecule has 2 rings (SSSR count). The van der Waals surface area contributed by atoms with Gasteiger partial charge in [-0.25, -0.2) is 8.42 Å². The molecule has 0 fully saturated rings. The van der Waals surface area contributed by atoms with Crippen molar-refractivity contribution < 1.29 is 22.8 Å². The van der Waals surface area contributed by atoms with Gasteiger partial charge in [-0.1, -0.05) is 42.8 Å². The Hall–Kier alpha value is -2.91. The SMILES string of the molecule is CCC(C(=O)NC)N(Cc1ccc(Cl)cc1)C(=O)CN(c1cccc(C(C)=O)c1)S(C)(=O)=O. The first-order chi connectivity index (χ1) is 15.5. The summed E-state index contributed by atoms with van der Waals surface area (Å²) in [7, 11) is -2.39. The quantitative estimate of drug-likeness (QED) is 0.512. The number of carbonyl (C=O) groups is 3. The van der Waals surface area contributed by atoms with Gasteiger partial charge in [-0.3, -0.25) is 18.7 Å². The highest BCUT2D eigenvalue weighted by atomic mass is 35.5. The molecule has 0 heterocycles. The lowest BCUT2D eigenvalue weighted by Crippen LogP contribution is -2.51. The molecule has 1 atom stereocenters. The number of amides is 2. The fourth-order valence-electron chi connectivity index (χ4n) is 3.37. The molecule has 0 saturated carbocycles. The predicted octanol–water partition coefficient (Wildman–Crippen LogP) is 2.86. The molecule has 2 aromatic carbocycles. The summed E-state index contributed by atoms with van der Waals surface area (Å²) in [6.45, 7) is 2.71. The van der Waals surface area contributed by atoms with E-state index in [1.807, 2.05) is 0 Å². The van der Waals surface area contributed by atoms with Gasteiger partial charge in [-0.05, 0) is 43.2 Å². The van der Waals surface area contributed by atoms with Gasteiger partial charge in [-0.2, -0.15) is 0 Å². The first-order valence-corrected chi connectivity index (χ1v) is 12.5. The monoisotopic (exact) mass is 493 g/mol. The summed E-state index contributed by atoms with van der Waals surface area (Å²) in [5.41, 5.74) is 1.25. The molecule has 8 nitrogen and oxygen atoms in total. The second-order valence-corrected chi connectivity index (χ2v) is 9.91. The minimum Gasteiger partial charge on any atom is -0.357 e. The average Bonchev–Trinajstić information content (AvgIpc) is 2.77. The number of hydrogen-bond acceptors (Lipinski definition) is 5. The summed E-state index contributed by atoms with van der Waals surface area (Å²) in [5, 5.41) is 3.09. The molecule has 2 amide bonds. The number of hydrogen-bond donors (Lipinski definition) is 1. The van der Waals surface area contributed by atoms with Gasteiger partial charge in [0.15, 0.2) is 5.78 Å². The number of carbonyl (C=O) groups excluding carboxylic acids is 3. The van der Waals surface area contributed by atoms with Crippen LogP contribution in [0.4, 0.5) is 5.69 Å². The zero-order valence-corrected chi connectivity index (χ0v) is 20.6. The summed E-state index contributed by atoms with van der Waals surface area (Å²) in [6.07, 6.45) is 1.32. The van der Waals surface area contributed by atoms with Crippen LogP contribution >= 0.6 is 11.6 Å². The Kier molecular flexibility index (Phi) is 9.01. The molecular weight excluding hydrogens is 466 g/mol. The van der Waals surface area contributed by atoms with Crippen LogP contribution in [0.5, 0.6) is 0 Å². The van der Waals surface area contributed by atoms with Crippen LogP contribution in [0.25, 0.3) is 0 Å². The number of anilines is 1. The normalized spacial score (nSPS) is 12.0. The first kappa shape index (κ1) is 26.3. The van der Waals surface area contributed by atoms with Crippen LogP contribution in [0, 0.1) is 0 Å². The number of sulfonamides is 1. The molecule has 0 aromatic heterocycles. The number of nitrogens with zero attached hydrogens (tertiary/aromatic N) is 2. The summed E-state index contributed by atoms with van der Waals surface area (Å²) in [4.78, 5) is 39.1. The Labute approximate surface area is 199 Å². The maximum absolute atomic E-state index is 13.4. The van der Waals surface area contributed by atoms with Gasteiger partial charge in [-0.15, -0.1) is 0 Å². The molecule has 1 unspecified atom stereocenters. The molecule has 0 saturated heterocycles. The fraction of sp³-hybridized carbons (Fsp3) is 0.348. The van der Waals surface area contributed by atoms with Crippen molar-refractivity contribution in [1.82, 2.24) is 10.2 Å². The largest absolute Gasteiger partial charge is 0.357 e. The minimum atomic E-state index is -3.87. The van der Waals surface area contributed by atoms with Crippen molar-refractivity contribution in [3.8, 4) is 0 Å². The lowest BCUT2D eigenvalue weighted by Gasteiger charge is -2.32. The van der Waals surface area contributed by atoms with E-state index in [1.165, 1.54) is 31.0 Å². The van der Waals surface area contributed by atoms with E-state index in [4.69, 9.17) is 11.6 Å². The molecule has 0 aliphatic carbocycles. The van der Waals surface area contributed by atoms with Gasteiger partial charge < -0.3 is 10.2 Å². The standard InChI is InChI=1S/C23H28ClN3O5S/c1-5-21(23(30)25-3)26(14-17-9-11-19(24)12-10-17)22(29)15-27(33(4,31)32)20-8-6-7-18(13-20)16(2)28/h6-13,21H,5,14-15H2,1-4H3,(H,25,30). The molecule has 1 N–H and O–H groups in total. The van der Waals surface area contributed by atoms with Crippen molar-refractivity contribution in [3.05, 3.63) is 64.7 Å². The molecule has 0 aliphatic heterocycles. The third-order valence-corrected chi connectivity index (χ3v) is 6.51. The Balaban J connectivity index is 2.45. The van der Waals surface area contributed by atoms with Gasteiger partial charge in [0.1, 0.15) is 12.6 Å². The lowest BCUT2D eigenvalue weighted by atomic mass is 10.1. The van der Waals surface area contributed by atoms with E-state index >= 15 is 0 Å². The fourth-order valence-corrected chi connectivity index (χ4v) is 4.33. The number of rotatable bonds is 10. The molecule has 0 spiro atoms. The predicted molar refractivity (Wildman–Crippen MR) is 129 cm³/mol. The van der Waals surface area contributed by atoms with E-state index in [9.17, 15) is 22.8 Å². The molecular formula is C23H28ClN3O5S. The number of likely N-dealkylation sites (N-methyl/N-ethyl adjacent to an activating group) is 1. The second kappa shape index (κ2) is 11.3. The number of benzene rings is 2. The van der Waals surface area contributed by atoms with Crippen molar-refractivity contribution in [2.24, 2.45) is 0 Å². The zero-order valence-electron chi connectivity index (χ0n) is 19.0. The van der Waals surface area contributed by atoms with E-state index in [0.717, 1.165) is 16.1 Å². The van der Waals surface area contributed by atoms with Gasteiger partial charge in [0.05, 0.1) is 11.9 Å². The maximum atomic E-state index is 13.4. The highest BCUT2D eigenvalue weighted by Gasteiger charge is 2.31. The molecule has 33 heavy (non-hydrogen) atoms. The van der Waals surface area contributed by atoms with E-state index in [1.54, 1.807) is 43.3 Å². The molecule has 0 bridgehead atoms. The van der Waals surface area contributed by atoms with Gasteiger partial charge in [0.2, 0.25) is 21.8 Å². The topological polar surface area (TPSA) is 104 Å². The molecule has 178 valence electrons. The average molecular weight is 494 g/mol. The summed E-state index contributed by atoms with van der Waals surface area (Å²) < 4.78 is 26.1. The van der Waals surface area contributed by atoms with Crippen LogP contribution in [0.1, 0.15) is 36.2 Å². The Morgan fingerprint density at radius 1 is 1.09 bits per heavy atom. The third-order valence-electron chi connectivity index (χ3n) is 5.12. The van der Waals surface area contributed by atoms with Crippen LogP contribution in [-0.4, -0.2) is 56.8 Å². The van der Waals surface area contributed by atoms with E-state index < -0.39 is 28.5 Å². The van der Waals surface area contributed by atoms with Crippen molar-refractivity contribution in [2.75, 3.05) is 24.2 Å². The molecule has 10 heteroatoms. The van der Waals surface area contributed by atoms with E-state index in [0.29, 0.717) is 17.0 Å². The lowest BCUT2D eigenvalue weighted by molar-refractivity contribution is -0.140. The first-order valence-electron chi connectivity index (χ1n) is 10.3. The highest BCUT2D eigenvalue weighted by Crippen LogP contribution is 2.21. The Morgan fingerprint density at radius 2 is 1.73 bits per heavy atom. The smallest absolute Gasteiger partial charge is 0.244 e. The molecule has 0 aliphatic rings. The van der Waals surface area contributed by atoms with E-state index in [-0.39, 0.29) is 23.9 Å². The van der Waals surface area contributed by atoms with Gasteiger partial charge >= 0.3 is 0 Å². The summed E-state index contributed by atoms with van der Waals surface area (Å²) in [6, 6.07) is 12.1.